The van der Waals surface area contributed by atoms with Crippen molar-refractivity contribution in [2.24, 2.45) is 5.92 Å². The number of nitrogens with zero attached hydrogens (tertiary/aromatic N) is 10. The molecule has 1 N–H and O–H groups in total. The van der Waals surface area contributed by atoms with E-state index in [0.717, 1.165) is 49.1 Å². The van der Waals surface area contributed by atoms with Gasteiger partial charge in [0.15, 0.2) is 9.84 Å². The average Bonchev–Trinajstić information content (AvgIpc) is 1.51. The molecule has 29 heteroatoms. The topological polar surface area (TPSA) is 177 Å². The molecule has 3 aromatic heterocycles. The van der Waals surface area contributed by atoms with Crippen LogP contribution in [0.4, 0.5) is 39.5 Å². The summed E-state index contributed by atoms with van der Waals surface area (Å²) in [6.45, 7) is 13.3. The third-order valence-corrected chi connectivity index (χ3v) is 26.4. The van der Waals surface area contributed by atoms with Gasteiger partial charge in [0, 0.05) is 131 Å². The zero-order valence-electron chi connectivity index (χ0n) is 58.2. The number of sulfonamides is 1. The number of carbonyl (C=O) groups excluding carboxylic acids is 3. The van der Waals surface area contributed by atoms with Gasteiger partial charge in [-0.2, -0.15) is 43.8 Å². The van der Waals surface area contributed by atoms with Crippen LogP contribution in [0.3, 0.4) is 0 Å². The lowest BCUT2D eigenvalue weighted by atomic mass is 9.80. The second-order valence-electron chi connectivity index (χ2n) is 29.5. The second kappa shape index (κ2) is 27.8. The summed E-state index contributed by atoms with van der Waals surface area (Å²) in [7, 11) is -3.09. The Morgan fingerprint density at radius 3 is 1.13 bits per heavy atom. The molecule has 3 amide bonds. The summed E-state index contributed by atoms with van der Waals surface area (Å²) < 4.78 is 178. The predicted octanol–water partition coefficient (Wildman–Crippen LogP) is 11.7. The van der Waals surface area contributed by atoms with Crippen molar-refractivity contribution in [3.05, 3.63) is 166 Å². The van der Waals surface area contributed by atoms with Gasteiger partial charge in [0.2, 0.25) is 10.0 Å². The average molecular weight is 1470 g/mol. The summed E-state index contributed by atoms with van der Waals surface area (Å²) in [4.78, 5) is 51.6. The van der Waals surface area contributed by atoms with Crippen LogP contribution in [0.2, 0.25) is 0 Å². The van der Waals surface area contributed by atoms with E-state index in [-0.39, 0.29) is 52.3 Å². The first-order valence-electron chi connectivity index (χ1n) is 35.0. The van der Waals surface area contributed by atoms with Gasteiger partial charge < -0.3 is 33.5 Å². The molecular weight excluding hydrogens is 1380 g/mol. The van der Waals surface area contributed by atoms with Gasteiger partial charge in [0.1, 0.15) is 17.1 Å². The third kappa shape index (κ3) is 14.4. The van der Waals surface area contributed by atoms with Crippen molar-refractivity contribution in [2.45, 2.75) is 168 Å². The molecule has 4 saturated heterocycles. The number of amides is 3. The number of aliphatic hydroxyl groups is 1. The number of hydrogen-bond acceptors (Lipinski definition) is 11. The summed E-state index contributed by atoms with van der Waals surface area (Å²) in [6, 6.07) is 27.8. The number of likely N-dealkylation sites (tertiary alicyclic amines) is 3. The van der Waals surface area contributed by atoms with Crippen molar-refractivity contribution in [3.8, 4) is 0 Å². The smallest absolute Gasteiger partial charge is 0.386 e. The Kier molecular flexibility index (Phi) is 20.4. The molecule has 3 spiro atoms. The number of aromatic nitrogens is 3. The molecule has 14 rings (SSSR count). The van der Waals surface area contributed by atoms with Crippen molar-refractivity contribution in [2.75, 3.05) is 91.8 Å². The zero-order valence-corrected chi connectivity index (χ0v) is 59.9. The van der Waals surface area contributed by atoms with Gasteiger partial charge in [0.25, 0.3) is 17.7 Å². The van der Waals surface area contributed by atoms with Crippen LogP contribution < -0.4 is 0 Å². The zero-order chi connectivity index (χ0) is 73.5. The van der Waals surface area contributed by atoms with Crippen LogP contribution in [0, 0.1) is 5.92 Å². The van der Waals surface area contributed by atoms with Crippen LogP contribution in [0.1, 0.15) is 163 Å². The Morgan fingerprint density at radius 2 is 0.784 bits per heavy atom. The summed E-state index contributed by atoms with van der Waals surface area (Å²) >= 11 is 0. The van der Waals surface area contributed by atoms with Gasteiger partial charge in [-0.15, -0.1) is 0 Å². The molecule has 0 unspecified atom stereocenters. The molecule has 0 radical (unpaired) electrons. The monoisotopic (exact) mass is 1470 g/mol. The Hall–Kier alpha value is -7.02. The maximum absolute atomic E-state index is 13.6. The molecule has 10 heterocycles. The number of sulfone groups is 1. The molecule has 18 nitrogen and oxygen atoms in total. The summed E-state index contributed by atoms with van der Waals surface area (Å²) in [5, 5.41) is 10.1. The minimum atomic E-state index is -4.40. The molecule has 5 fully saturated rings. The van der Waals surface area contributed by atoms with Gasteiger partial charge in [-0.05, 0) is 201 Å². The maximum atomic E-state index is 13.6. The summed E-state index contributed by atoms with van der Waals surface area (Å²) in [6.07, 6.45) is -5.95. The molecular formula is C73H89F9N10O8S2. The largest absolute Gasteiger partial charge is 0.431 e. The SMILES string of the molecule is CC(C)(O)c1ccc(C(=O)N2CCC3(CC2)c2ccc(C(F)(F)F)n2CCN3C2CC2)cc1.CC(C)CS(=O)(=O)c1ccc(C(=O)N2CCC3(CC2)c2ccc(C(F)(F)F)n2CCN3C)cc1.CN1CCn2c(C(F)(F)F)ccc2C12CCN(C(=O)c1ccc(S(=O)(=O)N3CCCC3)cc1)CC2. The van der Waals surface area contributed by atoms with Crippen molar-refractivity contribution < 1.29 is 75.8 Å². The maximum Gasteiger partial charge on any atom is 0.431 e. The number of alkyl halides is 9. The summed E-state index contributed by atoms with van der Waals surface area (Å²) in [5.74, 6) is -0.437. The Morgan fingerprint density at radius 1 is 0.451 bits per heavy atom. The van der Waals surface area contributed by atoms with Crippen LogP contribution in [-0.4, -0.2) is 185 Å². The Balaban J connectivity index is 0.000000145. The number of fused-ring (bicyclic) bond motifs is 6. The van der Waals surface area contributed by atoms with Crippen molar-refractivity contribution in [1.82, 2.24) is 47.4 Å². The van der Waals surface area contributed by atoms with Crippen LogP contribution in [0.5, 0.6) is 0 Å². The predicted molar refractivity (Wildman–Crippen MR) is 363 cm³/mol. The van der Waals surface area contributed by atoms with Crippen molar-refractivity contribution >= 4 is 37.6 Å². The quantitative estimate of drug-likeness (QED) is 0.129. The highest BCUT2D eigenvalue weighted by atomic mass is 32.2. The van der Waals surface area contributed by atoms with E-state index in [2.05, 4.69) is 14.7 Å². The number of rotatable bonds is 10. The van der Waals surface area contributed by atoms with Gasteiger partial charge in [-0.3, -0.25) is 29.1 Å². The second-order valence-corrected chi connectivity index (χ2v) is 33.4. The Bertz CT molecular complexity index is 4280. The lowest BCUT2D eigenvalue weighted by Crippen LogP contribution is -2.58. The highest BCUT2D eigenvalue weighted by Crippen LogP contribution is 2.50. The molecule has 7 aliphatic heterocycles. The molecule has 1 aliphatic carbocycles. The standard InChI is InChI=1S/C25H30F3N3O2.C24H29F3N4O3S.C24H30F3N3O3S/c1-23(2,33)18-5-3-17(4-6-18)22(32)29-13-11-24(12-14-29)20-9-10-21(25(26,27)28)30(20)15-16-31(24)19-7-8-19;1-28-16-17-31-20(8-9-21(31)24(25,26)27)23(28)10-14-29(15-11-23)22(32)18-4-6-19(7-5-18)35(33,34)30-12-2-3-13-30;1-17(2)16-34(32,33)19-6-4-18(5-7-19)22(31)29-12-10-23(11-13-29)20-8-9-21(24(25,26)27)30(20)15-14-28(23)3/h3-6,9-10,19,33H,7-8,11-16H2,1-2H3;4-9H,2-3,10-17H2,1H3;4-9,17H,10-16H2,1-3H3. The van der Waals surface area contributed by atoms with Crippen LogP contribution in [-0.2, 0) is 80.2 Å². The van der Waals surface area contributed by atoms with Crippen LogP contribution >= 0.6 is 0 Å². The molecule has 8 aliphatic rings. The van der Waals surface area contributed by atoms with Crippen LogP contribution in [0.15, 0.2) is 119 Å². The van der Waals surface area contributed by atoms with E-state index in [0.29, 0.717) is 151 Å². The van der Waals surface area contributed by atoms with E-state index in [1.54, 1.807) is 78.2 Å². The molecule has 6 aromatic rings. The molecule has 0 atom stereocenters. The van der Waals surface area contributed by atoms with Gasteiger partial charge >= 0.3 is 18.5 Å². The number of carbonyl (C=O) groups is 3. The first-order valence-corrected chi connectivity index (χ1v) is 38.1. The number of hydrogen-bond donors (Lipinski definition) is 1. The molecule has 554 valence electrons. The summed E-state index contributed by atoms with van der Waals surface area (Å²) in [5.41, 5.74) is -0.191. The van der Waals surface area contributed by atoms with Gasteiger partial charge in [-0.1, -0.05) is 26.0 Å². The molecule has 102 heavy (non-hydrogen) atoms. The first kappa shape index (κ1) is 74.7. The highest BCUT2D eigenvalue weighted by Gasteiger charge is 2.54. The number of benzene rings is 3. The first-order chi connectivity index (χ1) is 47.9. The fourth-order valence-electron chi connectivity index (χ4n) is 16.7. The van der Waals surface area contributed by atoms with E-state index in [1.807, 2.05) is 32.8 Å². The highest BCUT2D eigenvalue weighted by molar-refractivity contribution is 7.91. The van der Waals surface area contributed by atoms with E-state index < -0.39 is 77.7 Å². The molecule has 1 saturated carbocycles. The van der Waals surface area contributed by atoms with Crippen LogP contribution in [0.25, 0.3) is 0 Å². The molecule has 0 bridgehead atoms. The van der Waals surface area contributed by atoms with Crippen molar-refractivity contribution in [1.29, 1.82) is 0 Å². The number of halogens is 9. The number of likely N-dealkylation sites (N-methyl/N-ethyl adjacent to an activating group) is 2. The van der Waals surface area contributed by atoms with E-state index >= 15 is 0 Å². The van der Waals surface area contributed by atoms with Gasteiger partial charge in [0.05, 0.1) is 37.8 Å². The Labute approximate surface area is 589 Å². The molecule has 3 aromatic carbocycles. The fraction of sp³-hybridized carbons (Fsp3) is 0.548. The lowest BCUT2D eigenvalue weighted by Gasteiger charge is -2.52. The minimum absolute atomic E-state index is 0.00165. The van der Waals surface area contributed by atoms with E-state index in [4.69, 9.17) is 0 Å². The van der Waals surface area contributed by atoms with Gasteiger partial charge in [-0.25, -0.2) is 16.8 Å². The fourth-order valence-corrected chi connectivity index (χ4v) is 19.8. The normalized spacial score (nSPS) is 20.6. The lowest BCUT2D eigenvalue weighted by molar-refractivity contribution is -0.145. The number of piperidine rings is 3. The minimum Gasteiger partial charge on any atom is -0.386 e. The third-order valence-electron chi connectivity index (χ3n) is 22.4. The van der Waals surface area contributed by atoms with Crippen molar-refractivity contribution in [3.63, 3.8) is 0 Å². The van der Waals surface area contributed by atoms with E-state index in [9.17, 15) is 75.8 Å². The van der Waals surface area contributed by atoms with E-state index in [1.165, 1.54) is 60.5 Å².